The molecule has 20 heavy (non-hydrogen) atoms. The quantitative estimate of drug-likeness (QED) is 0.750. The van der Waals surface area contributed by atoms with Crippen molar-refractivity contribution >= 4 is 17.3 Å². The first-order valence-corrected chi connectivity index (χ1v) is 6.06. The Labute approximate surface area is 117 Å². The molecule has 0 spiro atoms. The number of nitrogens with one attached hydrogen (secondary N) is 1. The molecule has 1 amide bonds. The van der Waals surface area contributed by atoms with Crippen LogP contribution in [0.1, 0.15) is 15.9 Å². The van der Waals surface area contributed by atoms with Crippen LogP contribution in [0.4, 0.5) is 11.4 Å². The molecular weight excluding hydrogens is 256 g/mol. The van der Waals surface area contributed by atoms with Crippen molar-refractivity contribution < 1.29 is 14.6 Å². The Kier molecular flexibility index (Phi) is 3.79. The molecule has 2 aromatic carbocycles. The highest BCUT2D eigenvalue weighted by atomic mass is 16.5. The Hall–Kier alpha value is -2.69. The van der Waals surface area contributed by atoms with Crippen molar-refractivity contribution in [3.63, 3.8) is 0 Å². The van der Waals surface area contributed by atoms with E-state index in [-0.39, 0.29) is 17.1 Å². The summed E-state index contributed by atoms with van der Waals surface area (Å²) < 4.78 is 4.98. The maximum atomic E-state index is 12.2. The molecule has 0 radical (unpaired) electrons. The summed E-state index contributed by atoms with van der Waals surface area (Å²) in [4.78, 5) is 12.2. The van der Waals surface area contributed by atoms with Crippen LogP contribution < -0.4 is 15.8 Å². The third kappa shape index (κ3) is 2.66. The minimum absolute atomic E-state index is 0.153. The molecule has 2 aromatic rings. The minimum Gasteiger partial charge on any atom is -0.504 e. The lowest BCUT2D eigenvalue weighted by Gasteiger charge is -2.11. The molecule has 0 fully saturated rings. The topological polar surface area (TPSA) is 84.6 Å². The van der Waals surface area contributed by atoms with Crippen molar-refractivity contribution in [1.82, 2.24) is 0 Å². The fourth-order valence-corrected chi connectivity index (χ4v) is 1.89. The lowest BCUT2D eigenvalue weighted by molar-refractivity contribution is 0.102. The number of rotatable bonds is 3. The minimum atomic E-state index is -0.408. The predicted octanol–water partition coefficient (Wildman–Crippen LogP) is 2.54. The van der Waals surface area contributed by atoms with Gasteiger partial charge in [-0.2, -0.15) is 0 Å². The van der Waals surface area contributed by atoms with Gasteiger partial charge in [-0.15, -0.1) is 0 Å². The SMILES string of the molecule is COc1cccc(C(=O)Nc2ccc(N)cc2C)c1O. The van der Waals surface area contributed by atoms with Crippen LogP contribution in [0.2, 0.25) is 0 Å². The van der Waals surface area contributed by atoms with Crippen LogP contribution in [-0.4, -0.2) is 18.1 Å². The smallest absolute Gasteiger partial charge is 0.259 e. The molecule has 5 nitrogen and oxygen atoms in total. The number of carbonyl (C=O) groups excluding carboxylic acids is 1. The number of amides is 1. The number of hydrogen-bond acceptors (Lipinski definition) is 4. The van der Waals surface area contributed by atoms with E-state index >= 15 is 0 Å². The van der Waals surface area contributed by atoms with Crippen LogP contribution in [0.15, 0.2) is 36.4 Å². The summed E-state index contributed by atoms with van der Waals surface area (Å²) in [5, 5.41) is 12.7. The molecule has 4 N–H and O–H groups in total. The van der Waals surface area contributed by atoms with Crippen molar-refractivity contribution in [2.45, 2.75) is 6.92 Å². The van der Waals surface area contributed by atoms with Gasteiger partial charge in [0.1, 0.15) is 0 Å². The van der Waals surface area contributed by atoms with Crippen LogP contribution in [0.25, 0.3) is 0 Å². The van der Waals surface area contributed by atoms with Crippen molar-refractivity contribution in [2.24, 2.45) is 0 Å². The number of para-hydroxylation sites is 1. The van der Waals surface area contributed by atoms with E-state index < -0.39 is 5.91 Å². The second-order valence-electron chi connectivity index (χ2n) is 4.38. The van der Waals surface area contributed by atoms with E-state index in [2.05, 4.69) is 5.32 Å². The third-order valence-corrected chi connectivity index (χ3v) is 2.96. The van der Waals surface area contributed by atoms with Crippen LogP contribution in [-0.2, 0) is 0 Å². The number of phenolic OH excluding ortho intramolecular Hbond substituents is 1. The number of ether oxygens (including phenoxy) is 1. The number of aromatic hydroxyl groups is 1. The van der Waals surface area contributed by atoms with Crippen LogP contribution in [0.3, 0.4) is 0 Å². The zero-order valence-corrected chi connectivity index (χ0v) is 11.3. The van der Waals surface area contributed by atoms with Gasteiger partial charge in [-0.25, -0.2) is 0 Å². The van der Waals surface area contributed by atoms with Crippen molar-refractivity contribution in [3.8, 4) is 11.5 Å². The van der Waals surface area contributed by atoms with E-state index in [4.69, 9.17) is 10.5 Å². The van der Waals surface area contributed by atoms with Gasteiger partial charge in [0.25, 0.3) is 5.91 Å². The highest BCUT2D eigenvalue weighted by Gasteiger charge is 2.15. The van der Waals surface area contributed by atoms with Gasteiger partial charge in [0.2, 0.25) is 0 Å². The molecule has 5 heteroatoms. The van der Waals surface area contributed by atoms with Gasteiger partial charge in [-0.3, -0.25) is 4.79 Å². The average Bonchev–Trinajstić information content (AvgIpc) is 2.42. The molecule has 0 heterocycles. The van der Waals surface area contributed by atoms with E-state index in [1.54, 1.807) is 30.3 Å². The van der Waals surface area contributed by atoms with E-state index in [1.165, 1.54) is 13.2 Å². The Bertz CT molecular complexity index is 654. The zero-order chi connectivity index (χ0) is 14.7. The second-order valence-corrected chi connectivity index (χ2v) is 4.38. The Morgan fingerprint density at radius 1 is 1.30 bits per heavy atom. The van der Waals surface area contributed by atoms with Crippen molar-refractivity contribution in [3.05, 3.63) is 47.5 Å². The number of methoxy groups -OCH3 is 1. The number of aryl methyl sites for hydroxylation is 1. The molecule has 0 aliphatic carbocycles. The summed E-state index contributed by atoms with van der Waals surface area (Å²) >= 11 is 0. The van der Waals surface area contributed by atoms with Gasteiger partial charge >= 0.3 is 0 Å². The normalized spacial score (nSPS) is 10.1. The number of nitrogen functional groups attached to an aromatic ring is 1. The van der Waals surface area contributed by atoms with E-state index in [0.29, 0.717) is 11.4 Å². The van der Waals surface area contributed by atoms with Gasteiger partial charge < -0.3 is 20.9 Å². The van der Waals surface area contributed by atoms with Crippen LogP contribution in [0, 0.1) is 6.92 Å². The van der Waals surface area contributed by atoms with Gasteiger partial charge in [-0.05, 0) is 42.8 Å². The predicted molar refractivity (Wildman–Crippen MR) is 78.2 cm³/mol. The molecule has 2 rings (SSSR count). The fourth-order valence-electron chi connectivity index (χ4n) is 1.89. The molecule has 0 saturated heterocycles. The lowest BCUT2D eigenvalue weighted by Crippen LogP contribution is -2.13. The number of benzene rings is 2. The molecule has 0 saturated carbocycles. The molecule has 0 unspecified atom stereocenters. The van der Waals surface area contributed by atoms with Crippen molar-refractivity contribution in [1.29, 1.82) is 0 Å². The molecule has 0 bridgehead atoms. The van der Waals surface area contributed by atoms with Gasteiger partial charge in [0.15, 0.2) is 11.5 Å². The second kappa shape index (κ2) is 5.52. The molecule has 0 aliphatic heterocycles. The first-order chi connectivity index (χ1) is 9.52. The summed E-state index contributed by atoms with van der Waals surface area (Å²) in [6, 6.07) is 9.94. The monoisotopic (exact) mass is 272 g/mol. The third-order valence-electron chi connectivity index (χ3n) is 2.96. The number of nitrogens with two attached hydrogens (primary N) is 1. The number of anilines is 2. The summed E-state index contributed by atoms with van der Waals surface area (Å²) in [6.07, 6.45) is 0. The Morgan fingerprint density at radius 2 is 2.05 bits per heavy atom. The first-order valence-electron chi connectivity index (χ1n) is 6.06. The average molecular weight is 272 g/mol. The van der Waals surface area contributed by atoms with Gasteiger partial charge in [0.05, 0.1) is 12.7 Å². The fraction of sp³-hybridized carbons (Fsp3) is 0.133. The molecular formula is C15H16N2O3. The summed E-state index contributed by atoms with van der Waals surface area (Å²) in [6.45, 7) is 1.84. The highest BCUT2D eigenvalue weighted by Crippen LogP contribution is 2.30. The van der Waals surface area contributed by atoms with E-state index in [1.807, 2.05) is 6.92 Å². The zero-order valence-electron chi connectivity index (χ0n) is 11.3. The molecule has 0 atom stereocenters. The van der Waals surface area contributed by atoms with Gasteiger partial charge in [0, 0.05) is 11.4 Å². The molecule has 0 aromatic heterocycles. The first kappa shape index (κ1) is 13.7. The van der Waals surface area contributed by atoms with Crippen LogP contribution in [0.5, 0.6) is 11.5 Å². The summed E-state index contributed by atoms with van der Waals surface area (Å²) in [5.74, 6) is -0.332. The number of phenols is 1. The summed E-state index contributed by atoms with van der Waals surface area (Å²) in [7, 11) is 1.43. The van der Waals surface area contributed by atoms with Crippen LogP contribution >= 0.6 is 0 Å². The standard InChI is InChI=1S/C15H16N2O3/c1-9-8-10(16)6-7-12(9)17-15(19)11-4-3-5-13(20-2)14(11)18/h3-8,18H,16H2,1-2H3,(H,17,19). The van der Waals surface area contributed by atoms with Gasteiger partial charge in [-0.1, -0.05) is 6.07 Å². The number of carbonyl (C=O) groups is 1. The van der Waals surface area contributed by atoms with E-state index in [9.17, 15) is 9.90 Å². The lowest BCUT2D eigenvalue weighted by atomic mass is 10.1. The maximum Gasteiger partial charge on any atom is 0.259 e. The summed E-state index contributed by atoms with van der Waals surface area (Å²) in [5.41, 5.74) is 7.94. The largest absolute Gasteiger partial charge is 0.504 e. The molecule has 0 aliphatic rings. The Balaban J connectivity index is 2.28. The number of hydrogen-bond donors (Lipinski definition) is 3. The highest BCUT2D eigenvalue weighted by molar-refractivity contribution is 6.07. The molecule has 104 valence electrons. The Morgan fingerprint density at radius 3 is 2.70 bits per heavy atom. The van der Waals surface area contributed by atoms with E-state index in [0.717, 1.165) is 5.56 Å². The maximum absolute atomic E-state index is 12.2. The van der Waals surface area contributed by atoms with Crippen molar-refractivity contribution in [2.75, 3.05) is 18.2 Å².